The van der Waals surface area contributed by atoms with Crippen LogP contribution >= 0.6 is 11.3 Å². The third kappa shape index (κ3) is 5.12. The summed E-state index contributed by atoms with van der Waals surface area (Å²) in [6.45, 7) is 9.29. The van der Waals surface area contributed by atoms with Crippen LogP contribution in [0.1, 0.15) is 53.2 Å². The maximum atomic E-state index is 12.8. The first-order chi connectivity index (χ1) is 16.0. The average molecular weight is 467 g/mol. The van der Waals surface area contributed by atoms with Crippen molar-refractivity contribution in [3.05, 3.63) is 70.4 Å². The summed E-state index contributed by atoms with van der Waals surface area (Å²) >= 11 is 1.81. The highest BCUT2D eigenvalue weighted by Gasteiger charge is 2.28. The summed E-state index contributed by atoms with van der Waals surface area (Å²) in [7, 11) is 0. The van der Waals surface area contributed by atoms with E-state index >= 15 is 0 Å². The fourth-order valence-corrected chi connectivity index (χ4v) is 5.67. The molecule has 3 aromatic rings. The van der Waals surface area contributed by atoms with E-state index in [0.29, 0.717) is 17.9 Å². The van der Waals surface area contributed by atoms with Gasteiger partial charge in [0.15, 0.2) is 0 Å². The van der Waals surface area contributed by atoms with E-state index in [-0.39, 0.29) is 12.1 Å². The van der Waals surface area contributed by atoms with E-state index in [2.05, 4.69) is 27.0 Å². The van der Waals surface area contributed by atoms with Gasteiger partial charge in [0.25, 0.3) is 0 Å². The van der Waals surface area contributed by atoms with Gasteiger partial charge in [-0.15, -0.1) is 11.3 Å². The molecule has 2 aromatic heterocycles. The Morgan fingerprint density at radius 3 is 2.70 bits per heavy atom. The number of anilines is 1. The lowest BCUT2D eigenvalue weighted by Gasteiger charge is -2.26. The molecule has 1 aliphatic rings. The summed E-state index contributed by atoms with van der Waals surface area (Å²) in [5.41, 5.74) is 3.48. The van der Waals surface area contributed by atoms with Crippen molar-refractivity contribution in [1.29, 1.82) is 0 Å². The minimum absolute atomic E-state index is 0.177. The zero-order valence-corrected chi connectivity index (χ0v) is 20.1. The summed E-state index contributed by atoms with van der Waals surface area (Å²) in [5.74, 6) is -0.405. The number of amides is 2. The van der Waals surface area contributed by atoms with Crippen LogP contribution in [0.3, 0.4) is 0 Å². The van der Waals surface area contributed by atoms with Gasteiger partial charge in [0.05, 0.1) is 18.2 Å². The van der Waals surface area contributed by atoms with E-state index in [9.17, 15) is 9.59 Å². The Bertz CT molecular complexity index is 1120. The predicted molar refractivity (Wildman–Crippen MR) is 131 cm³/mol. The maximum absolute atomic E-state index is 12.8. The number of rotatable bonds is 7. The first-order valence-corrected chi connectivity index (χ1v) is 12.2. The Morgan fingerprint density at radius 2 is 1.97 bits per heavy atom. The number of thiophene rings is 1. The molecule has 8 heteroatoms. The molecule has 0 aliphatic carbocycles. The minimum atomic E-state index is -0.405. The molecule has 0 bridgehead atoms. The van der Waals surface area contributed by atoms with Crippen LogP contribution in [0.15, 0.2) is 48.8 Å². The first kappa shape index (κ1) is 23.1. The van der Waals surface area contributed by atoms with E-state index in [1.165, 1.54) is 16.0 Å². The van der Waals surface area contributed by atoms with Crippen LogP contribution < -0.4 is 10.6 Å². The number of likely N-dealkylation sites (N-methyl/N-ethyl adjacent to an activating group) is 1. The molecule has 2 amide bonds. The number of aromatic nitrogens is 1. The summed E-state index contributed by atoms with van der Waals surface area (Å²) in [6.07, 6.45) is 5.07. The van der Waals surface area contributed by atoms with Crippen molar-refractivity contribution in [2.45, 2.75) is 39.8 Å². The third-order valence-electron chi connectivity index (χ3n) is 5.86. The van der Waals surface area contributed by atoms with Crippen molar-refractivity contribution >= 4 is 29.0 Å². The molecule has 1 aromatic carbocycles. The molecule has 1 aliphatic heterocycles. The highest BCUT2D eigenvalue weighted by molar-refractivity contribution is 7.15. The number of carbonyl (C=O) groups is 2. The smallest absolute Gasteiger partial charge is 0.338 e. The number of hydrogen-bond acceptors (Lipinski definition) is 5. The molecular formula is C25H30N4O3S. The highest BCUT2D eigenvalue weighted by Crippen LogP contribution is 2.39. The number of urea groups is 1. The lowest BCUT2D eigenvalue weighted by molar-refractivity contribution is 0.0526. The second-order valence-corrected chi connectivity index (χ2v) is 9.14. The quantitative estimate of drug-likeness (QED) is 0.482. The van der Waals surface area contributed by atoms with Crippen molar-refractivity contribution in [1.82, 2.24) is 14.8 Å². The highest BCUT2D eigenvalue weighted by atomic mass is 32.1. The third-order valence-corrected chi connectivity index (χ3v) is 7.10. The Kier molecular flexibility index (Phi) is 7.15. The molecular weight excluding hydrogens is 436 g/mol. The van der Waals surface area contributed by atoms with E-state index in [4.69, 9.17) is 4.74 Å². The molecule has 0 saturated heterocycles. The van der Waals surface area contributed by atoms with Gasteiger partial charge < -0.3 is 19.9 Å². The van der Waals surface area contributed by atoms with E-state index < -0.39 is 5.97 Å². The van der Waals surface area contributed by atoms with Crippen LogP contribution in [0.25, 0.3) is 5.00 Å². The van der Waals surface area contributed by atoms with E-state index in [1.807, 2.05) is 31.5 Å². The topological polar surface area (TPSA) is 75.6 Å². The molecule has 0 fully saturated rings. The Balaban J connectivity index is 1.53. The van der Waals surface area contributed by atoms with Gasteiger partial charge in [-0.05, 0) is 62.7 Å². The Hall–Kier alpha value is -3.10. The number of nitrogens with one attached hydrogen (secondary N) is 2. The largest absolute Gasteiger partial charge is 0.462 e. The van der Waals surface area contributed by atoms with Crippen LogP contribution in [-0.2, 0) is 17.7 Å². The summed E-state index contributed by atoms with van der Waals surface area (Å²) in [5, 5.41) is 7.10. The zero-order valence-electron chi connectivity index (χ0n) is 19.3. The number of nitrogens with zero attached hydrogens (tertiary/aromatic N) is 2. The van der Waals surface area contributed by atoms with Gasteiger partial charge in [0.1, 0.15) is 5.00 Å². The van der Waals surface area contributed by atoms with Crippen molar-refractivity contribution in [2.24, 2.45) is 0 Å². The monoisotopic (exact) mass is 466 g/mol. The van der Waals surface area contributed by atoms with E-state index in [1.54, 1.807) is 42.5 Å². The molecule has 1 atom stereocenters. The molecule has 33 heavy (non-hydrogen) atoms. The van der Waals surface area contributed by atoms with Gasteiger partial charge in [0, 0.05) is 41.6 Å². The predicted octanol–water partition coefficient (Wildman–Crippen LogP) is 4.98. The van der Waals surface area contributed by atoms with Crippen LogP contribution in [0.2, 0.25) is 0 Å². The molecule has 174 valence electrons. The SMILES string of the molecule is CCOC(=O)c1cccc(NC(=O)N[C@@H](C)c2c(-n3cccc3)sc3c2CCN(CC)C3)c1. The van der Waals surface area contributed by atoms with E-state index in [0.717, 1.165) is 31.1 Å². The van der Waals surface area contributed by atoms with Crippen molar-refractivity contribution in [2.75, 3.05) is 25.0 Å². The summed E-state index contributed by atoms with van der Waals surface area (Å²) in [6, 6.07) is 10.3. The lowest BCUT2D eigenvalue weighted by Crippen LogP contribution is -2.33. The number of carbonyl (C=O) groups excluding carboxylic acids is 2. The zero-order chi connectivity index (χ0) is 23.4. The van der Waals surface area contributed by atoms with Gasteiger partial charge in [-0.3, -0.25) is 4.90 Å². The normalized spacial score (nSPS) is 14.4. The molecule has 0 saturated carbocycles. The standard InChI is InChI=1S/C25H30N4O3S/c1-4-28-14-11-20-21(16-28)33-23(29-12-6-7-13-29)22(20)17(3)26-25(31)27-19-10-8-9-18(15-19)24(30)32-5-2/h6-10,12-13,15,17H,4-5,11,14,16H2,1-3H3,(H2,26,27,31)/t17-/m0/s1. The number of benzene rings is 1. The second kappa shape index (κ2) is 10.2. The van der Waals surface area contributed by atoms with Crippen molar-refractivity contribution < 1.29 is 14.3 Å². The Labute approximate surface area is 198 Å². The average Bonchev–Trinajstić information content (AvgIpc) is 3.46. The molecule has 0 unspecified atom stereocenters. The van der Waals surface area contributed by atoms with Gasteiger partial charge in [-0.1, -0.05) is 13.0 Å². The second-order valence-electron chi connectivity index (χ2n) is 8.05. The molecule has 0 radical (unpaired) electrons. The molecule has 2 N–H and O–H groups in total. The molecule has 3 heterocycles. The van der Waals surface area contributed by atoms with Crippen molar-refractivity contribution in [3.8, 4) is 5.00 Å². The lowest BCUT2D eigenvalue weighted by atomic mass is 9.98. The number of esters is 1. The summed E-state index contributed by atoms with van der Waals surface area (Å²) in [4.78, 5) is 28.7. The van der Waals surface area contributed by atoms with Crippen molar-refractivity contribution in [3.63, 3.8) is 0 Å². The van der Waals surface area contributed by atoms with Gasteiger partial charge in [-0.25, -0.2) is 9.59 Å². The fraction of sp³-hybridized carbons (Fsp3) is 0.360. The Morgan fingerprint density at radius 1 is 1.18 bits per heavy atom. The van der Waals surface area contributed by atoms with Gasteiger partial charge in [0.2, 0.25) is 0 Å². The number of fused-ring (bicyclic) bond motifs is 1. The molecule has 0 spiro atoms. The number of hydrogen-bond donors (Lipinski definition) is 2. The number of ether oxygens (including phenoxy) is 1. The molecule has 7 nitrogen and oxygen atoms in total. The van der Waals surface area contributed by atoms with Crippen LogP contribution in [0, 0.1) is 0 Å². The summed E-state index contributed by atoms with van der Waals surface area (Å²) < 4.78 is 7.18. The molecule has 4 rings (SSSR count). The van der Waals surface area contributed by atoms with Crippen LogP contribution in [-0.4, -0.2) is 41.2 Å². The van der Waals surface area contributed by atoms with Gasteiger partial charge >= 0.3 is 12.0 Å². The minimum Gasteiger partial charge on any atom is -0.462 e. The maximum Gasteiger partial charge on any atom is 0.338 e. The first-order valence-electron chi connectivity index (χ1n) is 11.3. The fourth-order valence-electron chi connectivity index (χ4n) is 4.22. The van der Waals surface area contributed by atoms with Crippen LogP contribution in [0.5, 0.6) is 0 Å². The van der Waals surface area contributed by atoms with Gasteiger partial charge in [-0.2, -0.15) is 0 Å². The van der Waals surface area contributed by atoms with Crippen LogP contribution in [0.4, 0.5) is 10.5 Å².